The maximum absolute atomic E-state index is 5.67. The number of hydrogen-bond acceptors (Lipinski definition) is 6. The van der Waals surface area contributed by atoms with Gasteiger partial charge in [0.05, 0.1) is 7.11 Å². The van der Waals surface area contributed by atoms with E-state index in [0.29, 0.717) is 5.95 Å². The van der Waals surface area contributed by atoms with Crippen LogP contribution in [-0.2, 0) is 0 Å². The minimum Gasteiger partial charge on any atom is -0.467 e. The van der Waals surface area contributed by atoms with Crippen molar-refractivity contribution in [2.24, 2.45) is 0 Å². The van der Waals surface area contributed by atoms with Crippen LogP contribution in [0.1, 0.15) is 6.92 Å². The van der Waals surface area contributed by atoms with Gasteiger partial charge in [0.2, 0.25) is 11.2 Å². The van der Waals surface area contributed by atoms with Crippen LogP contribution in [0.3, 0.4) is 0 Å². The molecular weight excluding hydrogens is 218 g/mol. The van der Waals surface area contributed by atoms with Crippen LogP contribution in [0.5, 0.6) is 6.01 Å². The first-order chi connectivity index (χ1) is 7.26. The first-order valence-electron chi connectivity index (χ1n) is 4.66. The van der Waals surface area contributed by atoms with Crippen molar-refractivity contribution in [1.29, 1.82) is 0 Å². The molecule has 0 atom stereocenters. The number of rotatable bonds is 6. The Bertz CT molecular complexity index is 309. The van der Waals surface area contributed by atoms with Crippen LogP contribution in [0.4, 0.5) is 5.95 Å². The molecule has 6 nitrogen and oxygen atoms in total. The summed E-state index contributed by atoms with van der Waals surface area (Å²) in [7, 11) is 1.48. The van der Waals surface area contributed by atoms with Crippen molar-refractivity contribution in [2.75, 3.05) is 32.1 Å². The van der Waals surface area contributed by atoms with Crippen LogP contribution in [0.2, 0.25) is 5.28 Å². The second kappa shape index (κ2) is 6.36. The Kier molecular flexibility index (Phi) is 5.06. The summed E-state index contributed by atoms with van der Waals surface area (Å²) in [6, 6.07) is 0.209. The van der Waals surface area contributed by atoms with Crippen LogP contribution in [-0.4, -0.2) is 41.7 Å². The summed E-state index contributed by atoms with van der Waals surface area (Å²) in [4.78, 5) is 11.6. The van der Waals surface area contributed by atoms with Gasteiger partial charge in [0, 0.05) is 13.1 Å². The van der Waals surface area contributed by atoms with Crippen molar-refractivity contribution < 1.29 is 4.74 Å². The average molecular weight is 232 g/mol. The van der Waals surface area contributed by atoms with E-state index in [1.807, 2.05) is 6.92 Å². The summed E-state index contributed by atoms with van der Waals surface area (Å²) in [5.74, 6) is 0.421. The molecule has 0 fully saturated rings. The standard InChI is InChI=1S/C8H14ClN5O/c1-3-10-4-5-11-7-12-6(9)13-8(14-7)15-2/h10H,3-5H2,1-2H3,(H,11,12,13,14). The number of aromatic nitrogens is 3. The number of nitrogens with zero attached hydrogens (tertiary/aromatic N) is 3. The Morgan fingerprint density at radius 3 is 2.73 bits per heavy atom. The average Bonchev–Trinajstić information content (AvgIpc) is 2.23. The lowest BCUT2D eigenvalue weighted by Crippen LogP contribution is -2.22. The minimum atomic E-state index is 0.118. The second-order valence-electron chi connectivity index (χ2n) is 2.70. The number of likely N-dealkylation sites (N-methyl/N-ethyl adjacent to an activating group) is 1. The van der Waals surface area contributed by atoms with Gasteiger partial charge >= 0.3 is 6.01 Å². The Morgan fingerprint density at radius 1 is 1.27 bits per heavy atom. The van der Waals surface area contributed by atoms with Crippen LogP contribution in [0.15, 0.2) is 0 Å². The third-order valence-corrected chi connectivity index (χ3v) is 1.77. The van der Waals surface area contributed by atoms with Crippen LogP contribution in [0, 0.1) is 0 Å². The Balaban J connectivity index is 2.49. The van der Waals surface area contributed by atoms with Gasteiger partial charge in [-0.15, -0.1) is 0 Å². The Labute approximate surface area is 93.4 Å². The second-order valence-corrected chi connectivity index (χ2v) is 3.03. The molecule has 1 heterocycles. The van der Waals surface area contributed by atoms with Crippen molar-refractivity contribution in [2.45, 2.75) is 6.92 Å². The lowest BCUT2D eigenvalue weighted by molar-refractivity contribution is 0.379. The summed E-state index contributed by atoms with van der Waals surface area (Å²) in [5.41, 5.74) is 0. The fourth-order valence-electron chi connectivity index (χ4n) is 0.942. The molecule has 0 spiro atoms. The molecule has 1 aromatic heterocycles. The van der Waals surface area contributed by atoms with Gasteiger partial charge in [-0.1, -0.05) is 6.92 Å². The molecule has 7 heteroatoms. The number of nitrogens with one attached hydrogen (secondary N) is 2. The summed E-state index contributed by atoms with van der Waals surface area (Å²) in [6.45, 7) is 4.53. The minimum absolute atomic E-state index is 0.118. The molecule has 0 unspecified atom stereocenters. The van der Waals surface area contributed by atoms with Gasteiger partial charge in [0.15, 0.2) is 0 Å². The summed E-state index contributed by atoms with van der Waals surface area (Å²) < 4.78 is 4.86. The molecule has 15 heavy (non-hydrogen) atoms. The lowest BCUT2D eigenvalue weighted by Gasteiger charge is -2.05. The van der Waals surface area contributed by atoms with E-state index in [1.165, 1.54) is 7.11 Å². The molecule has 2 N–H and O–H groups in total. The van der Waals surface area contributed by atoms with Gasteiger partial charge in [0.1, 0.15) is 0 Å². The van der Waals surface area contributed by atoms with Crippen molar-refractivity contribution in [3.63, 3.8) is 0 Å². The summed E-state index contributed by atoms with van der Waals surface area (Å²) in [5, 5.41) is 6.29. The molecule has 0 amide bonds. The van der Waals surface area contributed by atoms with E-state index in [0.717, 1.165) is 19.6 Å². The summed E-state index contributed by atoms with van der Waals surface area (Å²) in [6.07, 6.45) is 0. The van der Waals surface area contributed by atoms with E-state index in [9.17, 15) is 0 Å². The highest BCUT2D eigenvalue weighted by atomic mass is 35.5. The molecule has 0 saturated carbocycles. The molecule has 0 bridgehead atoms. The smallest absolute Gasteiger partial charge is 0.322 e. The van der Waals surface area contributed by atoms with Crippen LogP contribution < -0.4 is 15.4 Å². The van der Waals surface area contributed by atoms with Gasteiger partial charge in [-0.2, -0.15) is 15.0 Å². The van der Waals surface area contributed by atoms with Gasteiger partial charge in [-0.3, -0.25) is 0 Å². The van der Waals surface area contributed by atoms with E-state index in [4.69, 9.17) is 16.3 Å². The molecule has 0 radical (unpaired) electrons. The van der Waals surface area contributed by atoms with Gasteiger partial charge in [-0.25, -0.2) is 0 Å². The molecule has 0 aliphatic carbocycles. The molecule has 0 aliphatic rings. The zero-order chi connectivity index (χ0) is 11.1. The largest absolute Gasteiger partial charge is 0.467 e. The highest BCUT2D eigenvalue weighted by Gasteiger charge is 2.03. The number of anilines is 1. The fourth-order valence-corrected chi connectivity index (χ4v) is 1.09. The molecule has 84 valence electrons. The molecule has 1 rings (SSSR count). The normalized spacial score (nSPS) is 10.1. The highest BCUT2D eigenvalue weighted by molar-refractivity contribution is 6.28. The van der Waals surface area contributed by atoms with E-state index < -0.39 is 0 Å². The molecule has 0 saturated heterocycles. The number of hydrogen-bond donors (Lipinski definition) is 2. The third kappa shape index (κ3) is 4.26. The monoisotopic (exact) mass is 231 g/mol. The van der Waals surface area contributed by atoms with E-state index >= 15 is 0 Å². The summed E-state index contributed by atoms with van der Waals surface area (Å²) >= 11 is 5.67. The van der Waals surface area contributed by atoms with E-state index in [-0.39, 0.29) is 11.3 Å². The maximum atomic E-state index is 5.67. The fraction of sp³-hybridized carbons (Fsp3) is 0.625. The predicted octanol–water partition coefficient (Wildman–Crippen LogP) is 0.555. The molecule has 0 aliphatic heterocycles. The van der Waals surface area contributed by atoms with Gasteiger partial charge < -0.3 is 15.4 Å². The number of ether oxygens (including phenoxy) is 1. The van der Waals surface area contributed by atoms with E-state index in [1.54, 1.807) is 0 Å². The van der Waals surface area contributed by atoms with Crippen LogP contribution >= 0.6 is 11.6 Å². The molecular formula is C8H14ClN5O. The van der Waals surface area contributed by atoms with Crippen molar-refractivity contribution in [3.8, 4) is 6.01 Å². The quantitative estimate of drug-likeness (QED) is 0.697. The SMILES string of the molecule is CCNCCNc1nc(Cl)nc(OC)n1. The van der Waals surface area contributed by atoms with Crippen molar-refractivity contribution in [1.82, 2.24) is 20.3 Å². The Morgan fingerprint density at radius 2 is 2.07 bits per heavy atom. The highest BCUT2D eigenvalue weighted by Crippen LogP contribution is 2.09. The maximum Gasteiger partial charge on any atom is 0.322 e. The van der Waals surface area contributed by atoms with Gasteiger partial charge in [-0.05, 0) is 18.1 Å². The zero-order valence-corrected chi connectivity index (χ0v) is 9.51. The zero-order valence-electron chi connectivity index (χ0n) is 8.75. The molecule has 1 aromatic rings. The first kappa shape index (κ1) is 11.9. The number of methoxy groups -OCH3 is 1. The third-order valence-electron chi connectivity index (χ3n) is 1.61. The Hall–Kier alpha value is -1.14. The number of halogens is 1. The first-order valence-corrected chi connectivity index (χ1v) is 5.04. The lowest BCUT2D eigenvalue weighted by atomic mass is 10.6. The predicted molar refractivity (Wildman–Crippen MR) is 58.4 cm³/mol. The van der Waals surface area contributed by atoms with Crippen molar-refractivity contribution in [3.05, 3.63) is 5.28 Å². The topological polar surface area (TPSA) is 72.0 Å². The van der Waals surface area contributed by atoms with Crippen molar-refractivity contribution >= 4 is 17.5 Å². The van der Waals surface area contributed by atoms with Gasteiger partial charge in [0.25, 0.3) is 0 Å². The molecule has 0 aromatic carbocycles. The van der Waals surface area contributed by atoms with E-state index in [2.05, 4.69) is 25.6 Å². The van der Waals surface area contributed by atoms with Crippen LogP contribution in [0.25, 0.3) is 0 Å².